The highest BCUT2D eigenvalue weighted by atomic mass is 16.3. The lowest BCUT2D eigenvalue weighted by molar-refractivity contribution is 0.668. The SMILES string of the molecule is CCCCc1ccc2cc(-c3ccc(-c4c5ccccc5c(-c5cccc(-c6ccc7oc8cc(CCCC)cc9ccc6c7c98)c5)c5ccccc45)cc3)ccc2c1. The van der Waals surface area contributed by atoms with Crippen LogP contribution in [0, 0.1) is 0 Å². The van der Waals surface area contributed by atoms with E-state index in [0.29, 0.717) is 0 Å². The molecule has 0 N–H and O–H groups in total. The highest BCUT2D eigenvalue weighted by Crippen LogP contribution is 2.46. The van der Waals surface area contributed by atoms with Gasteiger partial charge in [0.2, 0.25) is 0 Å². The van der Waals surface area contributed by atoms with Crippen molar-refractivity contribution >= 4 is 65.0 Å². The van der Waals surface area contributed by atoms with Crippen molar-refractivity contribution in [2.75, 3.05) is 0 Å². The molecule has 59 heavy (non-hydrogen) atoms. The molecule has 0 aliphatic carbocycles. The zero-order valence-corrected chi connectivity index (χ0v) is 33.8. The lowest BCUT2D eigenvalue weighted by Crippen LogP contribution is -1.91. The highest BCUT2D eigenvalue weighted by Gasteiger charge is 2.20. The second-order valence-corrected chi connectivity index (χ2v) is 16.5. The van der Waals surface area contributed by atoms with Crippen molar-refractivity contribution in [1.82, 2.24) is 0 Å². The van der Waals surface area contributed by atoms with Gasteiger partial charge in [0.1, 0.15) is 11.2 Å². The van der Waals surface area contributed by atoms with E-state index >= 15 is 0 Å². The molecule has 0 aliphatic heterocycles. The summed E-state index contributed by atoms with van der Waals surface area (Å²) in [7, 11) is 0. The molecular weight excluding hydrogens is 713 g/mol. The minimum absolute atomic E-state index is 0.960. The summed E-state index contributed by atoms with van der Waals surface area (Å²) in [5.74, 6) is 0. The number of furan rings is 1. The van der Waals surface area contributed by atoms with Crippen molar-refractivity contribution in [1.29, 1.82) is 0 Å². The summed E-state index contributed by atoms with van der Waals surface area (Å²) in [5.41, 5.74) is 14.7. The van der Waals surface area contributed by atoms with Gasteiger partial charge in [-0.05, 0) is 149 Å². The number of unbranched alkanes of at least 4 members (excludes halogenated alkanes) is 2. The summed E-state index contributed by atoms with van der Waals surface area (Å²) in [4.78, 5) is 0. The molecule has 284 valence electrons. The van der Waals surface area contributed by atoms with Crippen LogP contribution in [0.15, 0.2) is 174 Å². The van der Waals surface area contributed by atoms with Crippen LogP contribution in [-0.2, 0) is 12.8 Å². The fraction of sp³-hybridized carbons (Fsp3) is 0.138. The molecular formula is C58H46O. The fourth-order valence-corrected chi connectivity index (χ4v) is 9.79. The molecule has 11 rings (SSSR count). The van der Waals surface area contributed by atoms with Crippen LogP contribution in [0.1, 0.15) is 50.7 Å². The Labute approximate surface area is 345 Å². The predicted molar refractivity (Wildman–Crippen MR) is 254 cm³/mol. The lowest BCUT2D eigenvalue weighted by Gasteiger charge is -2.18. The maximum absolute atomic E-state index is 6.52. The molecule has 1 nitrogen and oxygen atoms in total. The number of benzene rings is 10. The van der Waals surface area contributed by atoms with Gasteiger partial charge in [-0.15, -0.1) is 0 Å². The van der Waals surface area contributed by atoms with Gasteiger partial charge in [-0.25, -0.2) is 0 Å². The number of aryl methyl sites for hydroxylation is 2. The van der Waals surface area contributed by atoms with Gasteiger partial charge in [0, 0.05) is 10.8 Å². The minimum Gasteiger partial charge on any atom is -0.456 e. The topological polar surface area (TPSA) is 13.1 Å². The minimum atomic E-state index is 0.960. The van der Waals surface area contributed by atoms with Crippen LogP contribution < -0.4 is 0 Å². The fourth-order valence-electron chi connectivity index (χ4n) is 9.79. The first kappa shape index (κ1) is 35.5. The summed E-state index contributed by atoms with van der Waals surface area (Å²) in [6.45, 7) is 4.51. The summed E-state index contributed by atoms with van der Waals surface area (Å²) >= 11 is 0. The summed E-state index contributed by atoms with van der Waals surface area (Å²) < 4.78 is 6.52. The molecule has 0 amide bonds. The van der Waals surface area contributed by atoms with Crippen molar-refractivity contribution < 1.29 is 4.42 Å². The van der Waals surface area contributed by atoms with Gasteiger partial charge in [0.05, 0.1) is 0 Å². The van der Waals surface area contributed by atoms with Crippen LogP contribution in [0.2, 0.25) is 0 Å². The maximum atomic E-state index is 6.52. The van der Waals surface area contributed by atoms with Crippen molar-refractivity contribution in [3.05, 3.63) is 181 Å². The van der Waals surface area contributed by atoms with Gasteiger partial charge >= 0.3 is 0 Å². The van der Waals surface area contributed by atoms with Crippen molar-refractivity contribution in [3.63, 3.8) is 0 Å². The van der Waals surface area contributed by atoms with Gasteiger partial charge in [-0.2, -0.15) is 0 Å². The van der Waals surface area contributed by atoms with E-state index in [1.807, 2.05) is 0 Å². The molecule has 0 bridgehead atoms. The molecule has 0 saturated heterocycles. The van der Waals surface area contributed by atoms with Crippen molar-refractivity contribution in [2.45, 2.75) is 52.4 Å². The third-order valence-electron chi connectivity index (χ3n) is 12.7. The quantitative estimate of drug-likeness (QED) is 0.1000. The number of rotatable bonds is 10. The zero-order chi connectivity index (χ0) is 39.5. The maximum Gasteiger partial charge on any atom is 0.136 e. The monoisotopic (exact) mass is 758 g/mol. The van der Waals surface area contributed by atoms with Gasteiger partial charge in [0.25, 0.3) is 0 Å². The molecule has 1 aromatic heterocycles. The molecule has 0 saturated carbocycles. The zero-order valence-electron chi connectivity index (χ0n) is 33.8. The van der Waals surface area contributed by atoms with Gasteiger partial charge < -0.3 is 4.42 Å². The smallest absolute Gasteiger partial charge is 0.136 e. The van der Waals surface area contributed by atoms with E-state index in [9.17, 15) is 0 Å². The molecule has 1 heteroatoms. The first-order valence-corrected chi connectivity index (χ1v) is 21.5. The number of hydrogen-bond donors (Lipinski definition) is 0. The predicted octanol–water partition coefficient (Wildman–Crippen LogP) is 17.0. The van der Waals surface area contributed by atoms with Crippen LogP contribution in [-0.4, -0.2) is 0 Å². The second kappa shape index (κ2) is 14.6. The molecule has 0 fully saturated rings. The van der Waals surface area contributed by atoms with Crippen molar-refractivity contribution in [2.24, 2.45) is 0 Å². The van der Waals surface area contributed by atoms with Crippen LogP contribution in [0.25, 0.3) is 110 Å². The number of hydrogen-bond acceptors (Lipinski definition) is 1. The Morgan fingerprint density at radius 2 is 0.949 bits per heavy atom. The Balaban J connectivity index is 1.00. The Kier molecular flexibility index (Phi) is 8.77. The van der Waals surface area contributed by atoms with Crippen molar-refractivity contribution in [3.8, 4) is 44.5 Å². The first-order chi connectivity index (χ1) is 29.1. The molecule has 10 aromatic carbocycles. The molecule has 1 heterocycles. The van der Waals surface area contributed by atoms with Crippen LogP contribution in [0.5, 0.6) is 0 Å². The average molecular weight is 759 g/mol. The first-order valence-electron chi connectivity index (χ1n) is 21.5. The Bertz CT molecular complexity index is 3290. The van der Waals surface area contributed by atoms with E-state index in [-0.39, 0.29) is 0 Å². The van der Waals surface area contributed by atoms with Crippen LogP contribution in [0.4, 0.5) is 0 Å². The Morgan fingerprint density at radius 3 is 1.68 bits per heavy atom. The third kappa shape index (κ3) is 6.07. The largest absolute Gasteiger partial charge is 0.456 e. The van der Waals surface area contributed by atoms with E-state index in [2.05, 4.69) is 184 Å². The van der Waals surface area contributed by atoms with Crippen LogP contribution in [0.3, 0.4) is 0 Å². The second-order valence-electron chi connectivity index (χ2n) is 16.5. The van der Waals surface area contributed by atoms with E-state index in [4.69, 9.17) is 4.42 Å². The van der Waals surface area contributed by atoms with E-state index in [1.54, 1.807) is 0 Å². The van der Waals surface area contributed by atoms with Gasteiger partial charge in [0.15, 0.2) is 0 Å². The highest BCUT2D eigenvalue weighted by molar-refractivity contribution is 6.25. The van der Waals surface area contributed by atoms with Gasteiger partial charge in [-0.1, -0.05) is 172 Å². The van der Waals surface area contributed by atoms with E-state index in [1.165, 1.54) is 135 Å². The summed E-state index contributed by atoms with van der Waals surface area (Å²) in [6.07, 6.45) is 7.06. The Hall–Kier alpha value is -6.70. The summed E-state index contributed by atoms with van der Waals surface area (Å²) in [6, 6.07) is 63.8. The standard InChI is InChI=1S/C58H46O/c1-3-5-12-37-20-21-43-35-42(27-26-41(43)32-37)39-22-24-40(25-23-39)55-48-16-7-9-18-50(48)56(51-19-10-8-17-49(51)55)45-15-11-14-44(36-45)47-30-31-53-58-52(47)29-28-46-33-38(13-6-4-2)34-54(59-53)57(46)58/h7-11,14-36H,3-6,12-13H2,1-2H3. The molecule has 0 spiro atoms. The molecule has 0 aliphatic rings. The normalized spacial score (nSPS) is 12.0. The average Bonchev–Trinajstić information content (AvgIpc) is 3.67. The summed E-state index contributed by atoms with van der Waals surface area (Å²) in [5, 5.41) is 12.6. The molecule has 0 radical (unpaired) electrons. The molecule has 0 atom stereocenters. The van der Waals surface area contributed by atoms with E-state index < -0.39 is 0 Å². The Morgan fingerprint density at radius 1 is 0.356 bits per heavy atom. The lowest BCUT2D eigenvalue weighted by atomic mass is 9.85. The number of fused-ring (bicyclic) bond motifs is 3. The third-order valence-corrected chi connectivity index (χ3v) is 12.7. The van der Waals surface area contributed by atoms with Gasteiger partial charge in [-0.3, -0.25) is 0 Å². The molecule has 11 aromatic rings. The van der Waals surface area contributed by atoms with Crippen LogP contribution >= 0.6 is 0 Å². The van der Waals surface area contributed by atoms with E-state index in [0.717, 1.165) is 24.0 Å². The molecule has 0 unspecified atom stereocenters.